The number of amidine groups is 1. The van der Waals surface area contributed by atoms with Crippen LogP contribution >= 0.6 is 0 Å². The second-order valence-electron chi connectivity index (χ2n) is 7.11. The molecular weight excluding hydrogens is 284 g/mol. The Labute approximate surface area is 132 Å². The predicted octanol–water partition coefficient (Wildman–Crippen LogP) is 0.867. The zero-order valence-corrected chi connectivity index (χ0v) is 14.2. The van der Waals surface area contributed by atoms with Gasteiger partial charge in [0.15, 0.2) is 0 Å². The Kier molecular flexibility index (Phi) is 5.09. The van der Waals surface area contributed by atoms with Crippen molar-refractivity contribution in [3.63, 3.8) is 0 Å². The molecule has 2 aliphatic heterocycles. The molecule has 2 heterocycles. The number of nitrogens with zero attached hydrogens (tertiary/aromatic N) is 4. The first-order valence-electron chi connectivity index (χ1n) is 7.91. The Balaban J connectivity index is 2.25. The Morgan fingerprint density at radius 2 is 1.95 bits per heavy atom. The van der Waals surface area contributed by atoms with Gasteiger partial charge in [0.1, 0.15) is 6.17 Å². The second kappa shape index (κ2) is 6.52. The van der Waals surface area contributed by atoms with Crippen molar-refractivity contribution in [3.05, 3.63) is 0 Å². The number of hydrazine groups is 1. The van der Waals surface area contributed by atoms with Crippen LogP contribution in [0, 0.1) is 0 Å². The van der Waals surface area contributed by atoms with E-state index >= 15 is 0 Å². The van der Waals surface area contributed by atoms with Crippen LogP contribution in [0.5, 0.6) is 0 Å². The molecule has 0 aromatic rings. The SMILES string of the molecule is CC(C)N1C(C(=O)O)=NC(CN2CCOCC2)N1C(C)(C)C. The minimum atomic E-state index is -0.965. The molecule has 1 saturated heterocycles. The molecule has 1 atom stereocenters. The third kappa shape index (κ3) is 3.59. The minimum absolute atomic E-state index is 0.0452. The zero-order chi connectivity index (χ0) is 16.5. The van der Waals surface area contributed by atoms with Gasteiger partial charge in [-0.05, 0) is 34.6 Å². The largest absolute Gasteiger partial charge is 0.475 e. The summed E-state index contributed by atoms with van der Waals surface area (Å²) in [4.78, 5) is 18.4. The van der Waals surface area contributed by atoms with Crippen molar-refractivity contribution in [1.29, 1.82) is 0 Å². The fraction of sp³-hybridized carbons (Fsp3) is 0.867. The molecule has 0 aromatic carbocycles. The molecule has 0 amide bonds. The summed E-state index contributed by atoms with van der Waals surface area (Å²) >= 11 is 0. The van der Waals surface area contributed by atoms with Crippen molar-refractivity contribution in [2.45, 2.75) is 52.4 Å². The fourth-order valence-corrected chi connectivity index (χ4v) is 3.05. The highest BCUT2D eigenvalue weighted by Crippen LogP contribution is 2.29. The Bertz CT molecular complexity index is 439. The molecule has 2 rings (SSSR count). The molecule has 0 aliphatic carbocycles. The number of aliphatic imine (C=N–C) groups is 1. The number of aliphatic carboxylic acids is 1. The average molecular weight is 312 g/mol. The molecule has 0 spiro atoms. The fourth-order valence-electron chi connectivity index (χ4n) is 3.05. The van der Waals surface area contributed by atoms with E-state index in [9.17, 15) is 9.90 Å². The number of rotatable bonds is 4. The molecule has 0 saturated carbocycles. The lowest BCUT2D eigenvalue weighted by Gasteiger charge is -2.45. The monoisotopic (exact) mass is 312 g/mol. The standard InChI is InChI=1S/C15H28N4O3/c1-11(2)18-13(14(20)21)16-12(19(18)15(3,4)5)10-17-6-8-22-9-7-17/h11-12H,6-10H2,1-5H3,(H,20,21). The lowest BCUT2D eigenvalue weighted by Crippen LogP contribution is -2.60. The zero-order valence-electron chi connectivity index (χ0n) is 14.2. The van der Waals surface area contributed by atoms with Crippen LogP contribution in [0.4, 0.5) is 0 Å². The van der Waals surface area contributed by atoms with Crippen LogP contribution in [0.15, 0.2) is 4.99 Å². The van der Waals surface area contributed by atoms with Crippen molar-refractivity contribution in [2.75, 3.05) is 32.8 Å². The van der Waals surface area contributed by atoms with E-state index in [1.807, 2.05) is 18.9 Å². The minimum Gasteiger partial charge on any atom is -0.475 e. The highest BCUT2D eigenvalue weighted by molar-refractivity contribution is 6.34. The van der Waals surface area contributed by atoms with E-state index in [0.29, 0.717) is 0 Å². The molecule has 0 radical (unpaired) electrons. The van der Waals surface area contributed by atoms with Crippen LogP contribution in [-0.4, -0.2) is 82.4 Å². The van der Waals surface area contributed by atoms with Crippen molar-refractivity contribution in [1.82, 2.24) is 14.9 Å². The summed E-state index contributed by atoms with van der Waals surface area (Å²) < 4.78 is 5.38. The number of carbonyl (C=O) groups is 1. The highest BCUT2D eigenvalue weighted by atomic mass is 16.5. The number of hydrogen-bond acceptors (Lipinski definition) is 6. The van der Waals surface area contributed by atoms with E-state index in [-0.39, 0.29) is 23.6 Å². The average Bonchev–Trinajstić information content (AvgIpc) is 2.79. The lowest BCUT2D eigenvalue weighted by molar-refractivity contribution is -0.133. The quantitative estimate of drug-likeness (QED) is 0.831. The van der Waals surface area contributed by atoms with Gasteiger partial charge < -0.3 is 9.84 Å². The first-order valence-corrected chi connectivity index (χ1v) is 7.91. The normalized spacial score (nSPS) is 24.9. The van der Waals surface area contributed by atoms with Gasteiger partial charge in [-0.15, -0.1) is 0 Å². The van der Waals surface area contributed by atoms with Crippen LogP contribution in [0.25, 0.3) is 0 Å². The first kappa shape index (κ1) is 17.2. The van der Waals surface area contributed by atoms with Crippen molar-refractivity contribution in [2.24, 2.45) is 4.99 Å². The van der Waals surface area contributed by atoms with Crippen LogP contribution < -0.4 is 0 Å². The second-order valence-corrected chi connectivity index (χ2v) is 7.11. The van der Waals surface area contributed by atoms with Crippen molar-refractivity contribution in [3.8, 4) is 0 Å². The van der Waals surface area contributed by atoms with Gasteiger partial charge in [-0.25, -0.2) is 9.79 Å². The first-order chi connectivity index (χ1) is 10.2. The maximum absolute atomic E-state index is 11.6. The van der Waals surface area contributed by atoms with Gasteiger partial charge in [-0.2, -0.15) is 5.01 Å². The molecule has 0 bridgehead atoms. The Morgan fingerprint density at radius 3 is 2.41 bits per heavy atom. The van der Waals surface area contributed by atoms with Gasteiger partial charge in [-0.1, -0.05) is 0 Å². The molecule has 126 valence electrons. The molecule has 1 fully saturated rings. The lowest BCUT2D eigenvalue weighted by atomic mass is 10.1. The van der Waals surface area contributed by atoms with Crippen LogP contribution in [-0.2, 0) is 9.53 Å². The Hall–Kier alpha value is -1.18. The predicted molar refractivity (Wildman–Crippen MR) is 84.7 cm³/mol. The summed E-state index contributed by atoms with van der Waals surface area (Å²) in [5.41, 5.74) is -0.206. The number of hydrogen-bond donors (Lipinski definition) is 1. The number of morpholine rings is 1. The third-order valence-corrected chi connectivity index (χ3v) is 3.90. The van der Waals surface area contributed by atoms with Gasteiger partial charge in [-0.3, -0.25) is 9.91 Å². The molecule has 0 aromatic heterocycles. The van der Waals surface area contributed by atoms with Crippen molar-refractivity contribution >= 4 is 11.8 Å². The van der Waals surface area contributed by atoms with E-state index in [1.54, 1.807) is 0 Å². The van der Waals surface area contributed by atoms with E-state index in [1.165, 1.54) is 0 Å². The molecule has 1 unspecified atom stereocenters. The highest BCUT2D eigenvalue weighted by Gasteiger charge is 2.44. The number of carboxylic acids is 1. The summed E-state index contributed by atoms with van der Waals surface area (Å²) in [6.45, 7) is 14.2. The maximum Gasteiger partial charge on any atom is 0.372 e. The Morgan fingerprint density at radius 1 is 1.36 bits per heavy atom. The van der Waals surface area contributed by atoms with Gasteiger partial charge in [0.25, 0.3) is 0 Å². The third-order valence-electron chi connectivity index (χ3n) is 3.90. The topological polar surface area (TPSA) is 68.6 Å². The van der Waals surface area contributed by atoms with E-state index < -0.39 is 5.97 Å². The van der Waals surface area contributed by atoms with Crippen molar-refractivity contribution < 1.29 is 14.6 Å². The molecule has 22 heavy (non-hydrogen) atoms. The van der Waals surface area contributed by atoms with E-state index in [4.69, 9.17) is 4.74 Å². The smallest absolute Gasteiger partial charge is 0.372 e. The summed E-state index contributed by atoms with van der Waals surface area (Å²) in [5.74, 6) is -0.824. The summed E-state index contributed by atoms with van der Waals surface area (Å²) in [6, 6.07) is 0.0452. The summed E-state index contributed by atoms with van der Waals surface area (Å²) in [5, 5.41) is 13.4. The van der Waals surface area contributed by atoms with Gasteiger partial charge in [0.2, 0.25) is 5.84 Å². The molecule has 7 heteroatoms. The number of carboxylic acid groups (broad SMARTS) is 1. The maximum atomic E-state index is 11.6. The van der Waals surface area contributed by atoms with Crippen LogP contribution in [0.3, 0.4) is 0 Å². The van der Waals surface area contributed by atoms with Crippen LogP contribution in [0.1, 0.15) is 34.6 Å². The van der Waals surface area contributed by atoms with Crippen LogP contribution in [0.2, 0.25) is 0 Å². The van der Waals surface area contributed by atoms with E-state index in [2.05, 4.69) is 35.7 Å². The summed E-state index contributed by atoms with van der Waals surface area (Å²) in [6.07, 6.45) is -0.174. The van der Waals surface area contributed by atoms with Gasteiger partial charge >= 0.3 is 5.97 Å². The van der Waals surface area contributed by atoms with Gasteiger partial charge in [0, 0.05) is 31.2 Å². The molecule has 7 nitrogen and oxygen atoms in total. The van der Waals surface area contributed by atoms with E-state index in [0.717, 1.165) is 32.8 Å². The molecule has 1 N–H and O–H groups in total. The molecule has 2 aliphatic rings. The number of ether oxygens (including phenoxy) is 1. The molecular formula is C15H28N4O3. The summed E-state index contributed by atoms with van der Waals surface area (Å²) in [7, 11) is 0. The van der Waals surface area contributed by atoms with Gasteiger partial charge in [0.05, 0.1) is 13.2 Å².